The summed E-state index contributed by atoms with van der Waals surface area (Å²) < 4.78 is 5.35. The third-order valence-electron chi connectivity index (χ3n) is 3.54. The standard InChI is InChI=1S/C15H22N2O3/c1-2-16-13-10-20-9-12(13)15(19)17-8-14(18)11-6-4-3-5-7-11/h3-7,12-14,16,18H,2,8-10H2,1H3,(H,17,19). The van der Waals surface area contributed by atoms with Crippen molar-refractivity contribution in [2.45, 2.75) is 19.1 Å². The Bertz CT molecular complexity index is 424. The molecule has 0 spiro atoms. The minimum atomic E-state index is -0.681. The number of aliphatic hydroxyl groups excluding tert-OH is 1. The van der Waals surface area contributed by atoms with E-state index >= 15 is 0 Å². The third kappa shape index (κ3) is 3.79. The van der Waals surface area contributed by atoms with Crippen molar-refractivity contribution in [2.75, 3.05) is 26.3 Å². The number of hydrogen-bond donors (Lipinski definition) is 3. The van der Waals surface area contributed by atoms with E-state index in [-0.39, 0.29) is 24.4 Å². The van der Waals surface area contributed by atoms with Gasteiger partial charge < -0.3 is 20.5 Å². The number of rotatable bonds is 6. The van der Waals surface area contributed by atoms with Gasteiger partial charge in [-0.1, -0.05) is 37.3 Å². The van der Waals surface area contributed by atoms with E-state index in [2.05, 4.69) is 10.6 Å². The lowest BCUT2D eigenvalue weighted by Crippen LogP contribution is -2.44. The van der Waals surface area contributed by atoms with Gasteiger partial charge in [-0.05, 0) is 12.1 Å². The summed E-state index contributed by atoms with van der Waals surface area (Å²) in [6.45, 7) is 4.03. The summed E-state index contributed by atoms with van der Waals surface area (Å²) >= 11 is 0. The maximum atomic E-state index is 12.1. The van der Waals surface area contributed by atoms with E-state index in [1.54, 1.807) is 0 Å². The molecule has 110 valence electrons. The van der Waals surface area contributed by atoms with Gasteiger partial charge in [-0.15, -0.1) is 0 Å². The average Bonchev–Trinajstić information content (AvgIpc) is 2.94. The summed E-state index contributed by atoms with van der Waals surface area (Å²) in [6, 6.07) is 9.38. The fourth-order valence-corrected chi connectivity index (χ4v) is 2.40. The van der Waals surface area contributed by atoms with Crippen molar-refractivity contribution in [3.63, 3.8) is 0 Å². The van der Waals surface area contributed by atoms with Crippen molar-refractivity contribution < 1.29 is 14.6 Å². The lowest BCUT2D eigenvalue weighted by atomic mass is 10.0. The molecule has 0 saturated carbocycles. The molecule has 1 fully saturated rings. The zero-order chi connectivity index (χ0) is 14.4. The molecule has 0 bridgehead atoms. The highest BCUT2D eigenvalue weighted by Gasteiger charge is 2.33. The van der Waals surface area contributed by atoms with Crippen LogP contribution >= 0.6 is 0 Å². The monoisotopic (exact) mass is 278 g/mol. The van der Waals surface area contributed by atoms with Gasteiger partial charge in [0.25, 0.3) is 0 Å². The number of aliphatic hydroxyl groups is 1. The molecule has 5 heteroatoms. The van der Waals surface area contributed by atoms with Crippen molar-refractivity contribution in [1.82, 2.24) is 10.6 Å². The topological polar surface area (TPSA) is 70.6 Å². The molecule has 3 unspecified atom stereocenters. The second-order valence-electron chi connectivity index (χ2n) is 4.98. The van der Waals surface area contributed by atoms with Crippen LogP contribution in [0.4, 0.5) is 0 Å². The Morgan fingerprint density at radius 2 is 2.15 bits per heavy atom. The van der Waals surface area contributed by atoms with Gasteiger partial charge in [-0.2, -0.15) is 0 Å². The first-order chi connectivity index (χ1) is 9.72. The van der Waals surface area contributed by atoms with Crippen molar-refractivity contribution in [2.24, 2.45) is 5.92 Å². The lowest BCUT2D eigenvalue weighted by molar-refractivity contribution is -0.125. The van der Waals surface area contributed by atoms with Gasteiger partial charge in [0.15, 0.2) is 0 Å². The Kier molecular flexibility index (Phi) is 5.52. The van der Waals surface area contributed by atoms with Crippen LogP contribution in [-0.4, -0.2) is 43.4 Å². The highest BCUT2D eigenvalue weighted by Crippen LogP contribution is 2.15. The van der Waals surface area contributed by atoms with E-state index in [0.717, 1.165) is 12.1 Å². The first-order valence-electron chi connectivity index (χ1n) is 7.04. The summed E-state index contributed by atoms with van der Waals surface area (Å²) in [5.41, 5.74) is 0.804. The van der Waals surface area contributed by atoms with Crippen LogP contribution in [-0.2, 0) is 9.53 Å². The molecule has 3 atom stereocenters. The fraction of sp³-hybridized carbons (Fsp3) is 0.533. The maximum absolute atomic E-state index is 12.1. The average molecular weight is 278 g/mol. The Labute approximate surface area is 119 Å². The van der Waals surface area contributed by atoms with E-state index in [1.165, 1.54) is 0 Å². The van der Waals surface area contributed by atoms with Crippen LogP contribution in [0.5, 0.6) is 0 Å². The number of benzene rings is 1. The lowest BCUT2D eigenvalue weighted by Gasteiger charge is -2.19. The molecule has 2 rings (SSSR count). The van der Waals surface area contributed by atoms with Crippen LogP contribution in [0.3, 0.4) is 0 Å². The van der Waals surface area contributed by atoms with Crippen LogP contribution < -0.4 is 10.6 Å². The fourth-order valence-electron chi connectivity index (χ4n) is 2.40. The first kappa shape index (κ1) is 15.0. The van der Waals surface area contributed by atoms with Crippen molar-refractivity contribution >= 4 is 5.91 Å². The molecule has 1 saturated heterocycles. The second-order valence-corrected chi connectivity index (χ2v) is 4.98. The highest BCUT2D eigenvalue weighted by atomic mass is 16.5. The van der Waals surface area contributed by atoms with Crippen LogP contribution in [0.25, 0.3) is 0 Å². The minimum absolute atomic E-state index is 0.0638. The van der Waals surface area contributed by atoms with Crippen molar-refractivity contribution in [1.29, 1.82) is 0 Å². The molecule has 1 aliphatic rings. The van der Waals surface area contributed by atoms with Gasteiger partial charge in [-0.3, -0.25) is 4.79 Å². The summed E-state index contributed by atoms with van der Waals surface area (Å²) in [6.07, 6.45) is -0.681. The second kappa shape index (κ2) is 7.38. The molecule has 1 amide bonds. The molecule has 0 radical (unpaired) electrons. The molecule has 1 aliphatic heterocycles. The Hall–Kier alpha value is -1.43. The van der Waals surface area contributed by atoms with Crippen LogP contribution in [0.1, 0.15) is 18.6 Å². The normalized spacial score (nSPS) is 23.5. The molecule has 1 heterocycles. The maximum Gasteiger partial charge on any atom is 0.227 e. The Morgan fingerprint density at radius 1 is 1.40 bits per heavy atom. The van der Waals surface area contributed by atoms with Crippen LogP contribution in [0.15, 0.2) is 30.3 Å². The third-order valence-corrected chi connectivity index (χ3v) is 3.54. The number of nitrogens with one attached hydrogen (secondary N) is 2. The molecule has 3 N–H and O–H groups in total. The van der Waals surface area contributed by atoms with Crippen molar-refractivity contribution in [3.05, 3.63) is 35.9 Å². The number of hydrogen-bond acceptors (Lipinski definition) is 4. The number of likely N-dealkylation sites (N-methyl/N-ethyl adjacent to an activating group) is 1. The summed E-state index contributed by atoms with van der Waals surface area (Å²) in [5.74, 6) is -0.249. The quantitative estimate of drug-likeness (QED) is 0.707. The van der Waals surface area contributed by atoms with Gasteiger partial charge in [0.2, 0.25) is 5.91 Å². The molecule has 5 nitrogen and oxygen atoms in total. The zero-order valence-corrected chi connectivity index (χ0v) is 11.7. The summed E-state index contributed by atoms with van der Waals surface area (Å²) in [7, 11) is 0. The van der Waals surface area contributed by atoms with E-state index in [0.29, 0.717) is 13.2 Å². The molecular weight excluding hydrogens is 256 g/mol. The number of carbonyl (C=O) groups is 1. The molecule has 1 aromatic carbocycles. The zero-order valence-electron chi connectivity index (χ0n) is 11.7. The molecular formula is C15H22N2O3. The molecule has 0 aromatic heterocycles. The number of amides is 1. The summed E-state index contributed by atoms with van der Waals surface area (Å²) in [5, 5.41) is 16.1. The Balaban J connectivity index is 1.83. The van der Waals surface area contributed by atoms with Crippen molar-refractivity contribution in [3.8, 4) is 0 Å². The Morgan fingerprint density at radius 3 is 2.85 bits per heavy atom. The van der Waals surface area contributed by atoms with Crippen LogP contribution in [0, 0.1) is 5.92 Å². The van der Waals surface area contributed by atoms with Gasteiger partial charge >= 0.3 is 0 Å². The highest BCUT2D eigenvalue weighted by molar-refractivity contribution is 5.79. The van der Waals surface area contributed by atoms with E-state index in [4.69, 9.17) is 4.74 Å². The molecule has 20 heavy (non-hydrogen) atoms. The van der Waals surface area contributed by atoms with Gasteiger partial charge in [-0.25, -0.2) is 0 Å². The van der Waals surface area contributed by atoms with Crippen LogP contribution in [0.2, 0.25) is 0 Å². The van der Waals surface area contributed by atoms with Gasteiger partial charge in [0.05, 0.1) is 25.2 Å². The summed E-state index contributed by atoms with van der Waals surface area (Å²) in [4.78, 5) is 12.1. The van der Waals surface area contributed by atoms with Gasteiger partial charge in [0, 0.05) is 12.6 Å². The predicted octanol–water partition coefficient (Wildman–Crippen LogP) is 0.461. The number of carbonyl (C=O) groups excluding carboxylic acids is 1. The van der Waals surface area contributed by atoms with Gasteiger partial charge in [0.1, 0.15) is 0 Å². The van der Waals surface area contributed by atoms with E-state index in [1.807, 2.05) is 37.3 Å². The SMILES string of the molecule is CCNC1COCC1C(=O)NCC(O)c1ccccc1. The predicted molar refractivity (Wildman–Crippen MR) is 76.2 cm³/mol. The van der Waals surface area contributed by atoms with E-state index in [9.17, 15) is 9.90 Å². The smallest absolute Gasteiger partial charge is 0.227 e. The largest absolute Gasteiger partial charge is 0.387 e. The minimum Gasteiger partial charge on any atom is -0.387 e. The first-order valence-corrected chi connectivity index (χ1v) is 7.04. The molecule has 1 aromatic rings. The van der Waals surface area contributed by atoms with E-state index < -0.39 is 6.10 Å². The molecule has 0 aliphatic carbocycles. The number of ether oxygens (including phenoxy) is 1.